The van der Waals surface area contributed by atoms with Crippen LogP contribution in [-0.4, -0.2) is 10.8 Å². The number of hydrogen-bond donors (Lipinski definition) is 1. The first-order chi connectivity index (χ1) is 9.88. The van der Waals surface area contributed by atoms with E-state index in [2.05, 4.69) is 5.32 Å². The summed E-state index contributed by atoms with van der Waals surface area (Å²) in [6, 6.07) is 6.62. The van der Waals surface area contributed by atoms with Crippen molar-refractivity contribution in [3.8, 4) is 0 Å². The highest BCUT2D eigenvalue weighted by Crippen LogP contribution is 2.21. The second-order valence-electron chi connectivity index (χ2n) is 4.34. The lowest BCUT2D eigenvalue weighted by Crippen LogP contribution is -2.13. The van der Waals surface area contributed by atoms with Gasteiger partial charge in [-0.05, 0) is 25.1 Å². The highest BCUT2D eigenvalue weighted by Gasteiger charge is 2.16. The van der Waals surface area contributed by atoms with E-state index in [9.17, 15) is 23.7 Å². The third-order valence-electron chi connectivity index (χ3n) is 2.85. The van der Waals surface area contributed by atoms with Crippen molar-refractivity contribution in [3.63, 3.8) is 0 Å². The van der Waals surface area contributed by atoms with Crippen LogP contribution < -0.4 is 5.32 Å². The van der Waals surface area contributed by atoms with Crippen LogP contribution in [0.2, 0.25) is 0 Å². The maximum atomic E-state index is 13.4. The highest BCUT2D eigenvalue weighted by molar-refractivity contribution is 6.04. The summed E-state index contributed by atoms with van der Waals surface area (Å²) in [6.45, 7) is 1.54. The lowest BCUT2D eigenvalue weighted by molar-refractivity contribution is -0.385. The Morgan fingerprint density at radius 2 is 1.90 bits per heavy atom. The summed E-state index contributed by atoms with van der Waals surface area (Å²) in [4.78, 5) is 22.2. The van der Waals surface area contributed by atoms with Gasteiger partial charge in [-0.15, -0.1) is 0 Å². The zero-order valence-corrected chi connectivity index (χ0v) is 10.9. The van der Waals surface area contributed by atoms with E-state index in [0.29, 0.717) is 11.6 Å². The molecule has 0 spiro atoms. The van der Waals surface area contributed by atoms with Crippen molar-refractivity contribution in [2.24, 2.45) is 0 Å². The molecule has 7 heteroatoms. The van der Waals surface area contributed by atoms with Crippen LogP contribution in [0.15, 0.2) is 36.4 Å². The number of carbonyl (C=O) groups excluding carboxylic acids is 1. The lowest BCUT2D eigenvalue weighted by Gasteiger charge is -2.07. The number of amides is 1. The Balaban J connectivity index is 2.28. The van der Waals surface area contributed by atoms with Crippen molar-refractivity contribution < 1.29 is 18.5 Å². The van der Waals surface area contributed by atoms with Gasteiger partial charge in [-0.25, -0.2) is 8.78 Å². The molecule has 2 aromatic carbocycles. The molecule has 1 N–H and O–H groups in total. The first-order valence-corrected chi connectivity index (χ1v) is 5.90. The van der Waals surface area contributed by atoms with Crippen molar-refractivity contribution >= 4 is 17.3 Å². The molecular weight excluding hydrogens is 282 g/mol. The fraction of sp³-hybridized carbons (Fsp3) is 0.0714. The summed E-state index contributed by atoms with van der Waals surface area (Å²) < 4.78 is 26.2. The first kappa shape index (κ1) is 14.6. The average molecular weight is 292 g/mol. The predicted molar refractivity (Wildman–Crippen MR) is 72.1 cm³/mol. The number of nitrogens with zero attached hydrogens (tertiary/aromatic N) is 1. The molecule has 1 amide bonds. The van der Waals surface area contributed by atoms with Gasteiger partial charge in [0.05, 0.1) is 10.6 Å². The molecule has 0 fully saturated rings. The smallest absolute Gasteiger partial charge is 0.273 e. The van der Waals surface area contributed by atoms with Crippen LogP contribution in [0.4, 0.5) is 20.2 Å². The Hall–Kier alpha value is -2.83. The van der Waals surface area contributed by atoms with Crippen molar-refractivity contribution in [1.29, 1.82) is 0 Å². The molecule has 0 atom stereocenters. The van der Waals surface area contributed by atoms with Crippen LogP contribution in [0.1, 0.15) is 15.9 Å². The third kappa shape index (κ3) is 3.19. The van der Waals surface area contributed by atoms with Crippen LogP contribution in [0.3, 0.4) is 0 Å². The molecule has 0 aromatic heterocycles. The van der Waals surface area contributed by atoms with Crippen molar-refractivity contribution in [1.82, 2.24) is 0 Å². The van der Waals surface area contributed by atoms with E-state index < -0.39 is 22.5 Å². The number of rotatable bonds is 3. The maximum absolute atomic E-state index is 13.4. The zero-order chi connectivity index (χ0) is 15.6. The molecule has 0 saturated carbocycles. The number of aryl methyl sites for hydroxylation is 1. The molecule has 2 rings (SSSR count). The van der Waals surface area contributed by atoms with Gasteiger partial charge in [-0.2, -0.15) is 0 Å². The van der Waals surface area contributed by atoms with E-state index in [1.807, 2.05) is 0 Å². The fourth-order valence-electron chi connectivity index (χ4n) is 1.73. The van der Waals surface area contributed by atoms with Gasteiger partial charge in [0.15, 0.2) is 0 Å². The van der Waals surface area contributed by atoms with Gasteiger partial charge in [0.1, 0.15) is 11.6 Å². The van der Waals surface area contributed by atoms with E-state index in [-0.39, 0.29) is 16.9 Å². The Morgan fingerprint density at radius 1 is 1.19 bits per heavy atom. The number of carbonyl (C=O) groups is 1. The summed E-state index contributed by atoms with van der Waals surface area (Å²) in [5.41, 5.74) is 0.00685. The molecule has 0 aliphatic rings. The Bertz CT molecular complexity index is 732. The molecule has 0 aliphatic heterocycles. The van der Waals surface area contributed by atoms with Gasteiger partial charge in [-0.1, -0.05) is 6.07 Å². The topological polar surface area (TPSA) is 72.2 Å². The number of anilines is 1. The number of nitrogens with one attached hydrogen (secondary N) is 1. The van der Waals surface area contributed by atoms with Gasteiger partial charge in [-0.3, -0.25) is 14.9 Å². The van der Waals surface area contributed by atoms with E-state index in [0.717, 1.165) is 18.2 Å². The monoisotopic (exact) mass is 292 g/mol. The average Bonchev–Trinajstić information content (AvgIpc) is 2.42. The van der Waals surface area contributed by atoms with Gasteiger partial charge in [0.2, 0.25) is 0 Å². The number of halogens is 2. The van der Waals surface area contributed by atoms with Gasteiger partial charge in [0, 0.05) is 23.3 Å². The van der Waals surface area contributed by atoms with Gasteiger partial charge >= 0.3 is 0 Å². The fourth-order valence-corrected chi connectivity index (χ4v) is 1.73. The quantitative estimate of drug-likeness (QED) is 0.695. The van der Waals surface area contributed by atoms with Crippen LogP contribution in [0, 0.1) is 28.7 Å². The van der Waals surface area contributed by atoms with Crippen molar-refractivity contribution in [2.45, 2.75) is 6.92 Å². The minimum atomic E-state index is -0.926. The summed E-state index contributed by atoms with van der Waals surface area (Å²) in [5.74, 6) is -2.41. The van der Waals surface area contributed by atoms with E-state index in [1.165, 1.54) is 12.1 Å². The van der Waals surface area contributed by atoms with Crippen LogP contribution in [0.5, 0.6) is 0 Å². The molecule has 0 saturated heterocycles. The van der Waals surface area contributed by atoms with Crippen molar-refractivity contribution in [2.75, 3.05) is 5.32 Å². The van der Waals surface area contributed by atoms with Crippen LogP contribution >= 0.6 is 0 Å². The Kier molecular flexibility index (Phi) is 3.93. The van der Waals surface area contributed by atoms with E-state index in [4.69, 9.17) is 0 Å². The zero-order valence-electron chi connectivity index (χ0n) is 10.9. The largest absolute Gasteiger partial charge is 0.319 e. The molecule has 108 valence electrons. The molecule has 2 aromatic rings. The summed E-state index contributed by atoms with van der Waals surface area (Å²) in [6.07, 6.45) is 0. The second kappa shape index (κ2) is 5.66. The summed E-state index contributed by atoms with van der Waals surface area (Å²) >= 11 is 0. The molecule has 0 aliphatic carbocycles. The highest BCUT2D eigenvalue weighted by atomic mass is 19.1. The van der Waals surface area contributed by atoms with Gasteiger partial charge in [0.25, 0.3) is 11.6 Å². The lowest BCUT2D eigenvalue weighted by atomic mass is 10.1. The second-order valence-corrected chi connectivity index (χ2v) is 4.34. The molecule has 0 heterocycles. The molecule has 5 nitrogen and oxygen atoms in total. The predicted octanol–water partition coefficient (Wildman–Crippen LogP) is 3.43. The van der Waals surface area contributed by atoms with Crippen LogP contribution in [-0.2, 0) is 0 Å². The molecule has 0 radical (unpaired) electrons. The third-order valence-corrected chi connectivity index (χ3v) is 2.85. The molecule has 0 unspecified atom stereocenters. The molecular formula is C14H10F2N2O3. The Morgan fingerprint density at radius 3 is 2.52 bits per heavy atom. The standard InChI is InChI=1S/C14H10F2N2O3/c1-8-2-3-9(6-13(8)18(20)21)14(19)17-12-5-4-10(15)7-11(12)16/h2-7H,1H3,(H,17,19). The first-order valence-electron chi connectivity index (χ1n) is 5.90. The minimum Gasteiger partial charge on any atom is -0.319 e. The normalized spacial score (nSPS) is 10.2. The number of nitro groups is 1. The van der Waals surface area contributed by atoms with Crippen molar-refractivity contribution in [3.05, 3.63) is 69.3 Å². The molecule has 0 bridgehead atoms. The maximum Gasteiger partial charge on any atom is 0.273 e. The minimum absolute atomic E-state index is 0.0102. The number of nitro benzene ring substituents is 1. The number of benzene rings is 2. The summed E-state index contributed by atoms with van der Waals surface area (Å²) in [5, 5.41) is 13.1. The Labute approximate surface area is 118 Å². The van der Waals surface area contributed by atoms with Gasteiger partial charge < -0.3 is 5.32 Å². The van der Waals surface area contributed by atoms with Crippen LogP contribution in [0.25, 0.3) is 0 Å². The molecule has 21 heavy (non-hydrogen) atoms. The SMILES string of the molecule is Cc1ccc(C(=O)Nc2ccc(F)cc2F)cc1[N+](=O)[O-]. The van der Waals surface area contributed by atoms with E-state index in [1.54, 1.807) is 6.92 Å². The van der Waals surface area contributed by atoms with E-state index >= 15 is 0 Å². The number of hydrogen-bond acceptors (Lipinski definition) is 3. The summed E-state index contributed by atoms with van der Waals surface area (Å²) in [7, 11) is 0.